The number of methoxy groups -OCH3 is 1. The highest BCUT2D eigenvalue weighted by molar-refractivity contribution is 5.86. The SMILES string of the molecule is CC=O.CN.CNC1CC=C(C(=O)OC)O[C@H]1C(OC(=O)NCCC(=O)OC(C)(C)C)C1COC(=O)O1. The fraction of sp³-hybridized carbons (Fsp3) is 0.696. The molecule has 1 fully saturated rings. The second kappa shape index (κ2) is 17.1. The molecule has 212 valence electrons. The highest BCUT2D eigenvalue weighted by Crippen LogP contribution is 2.27. The Balaban J connectivity index is 0.00000241. The maximum absolute atomic E-state index is 12.4. The van der Waals surface area contributed by atoms with Crippen LogP contribution in [-0.4, -0.2) is 94.8 Å². The molecule has 37 heavy (non-hydrogen) atoms. The number of carbonyl (C=O) groups excluding carboxylic acids is 5. The summed E-state index contributed by atoms with van der Waals surface area (Å²) in [4.78, 5) is 56.4. The van der Waals surface area contributed by atoms with Gasteiger partial charge >= 0.3 is 24.2 Å². The standard InChI is InChI=1S/C20H30N2O10.C2H4O.CH5N/c1-20(2,3)32-14(23)8-9-22-18(25)31-16(13-10-28-19(26)30-13)15-11(21-4)6-7-12(29-15)17(24)27-5;1-2-3;1-2/h7,11,13,15-16,21H,6,8-10H2,1-5H3,(H,22,25);2H,1H3;2H2,1H3/t11?,13?,15-,16?;;/m1../s1. The molecule has 0 aromatic rings. The van der Waals surface area contributed by atoms with Crippen LogP contribution < -0.4 is 16.4 Å². The summed E-state index contributed by atoms with van der Waals surface area (Å²) in [6, 6.07) is -0.373. The van der Waals surface area contributed by atoms with E-state index in [0.29, 0.717) is 6.42 Å². The number of ether oxygens (including phenoxy) is 6. The number of cyclic esters (lactones) is 2. The normalized spacial score (nSPS) is 20.9. The molecule has 14 nitrogen and oxygen atoms in total. The third-order valence-corrected chi connectivity index (χ3v) is 4.54. The molecule has 0 aliphatic carbocycles. The Morgan fingerprint density at radius 2 is 1.86 bits per heavy atom. The summed E-state index contributed by atoms with van der Waals surface area (Å²) in [6.45, 7) is 6.46. The molecule has 4 atom stereocenters. The minimum absolute atomic E-state index is 0.0320. The van der Waals surface area contributed by atoms with E-state index in [1.54, 1.807) is 33.9 Å². The smallest absolute Gasteiger partial charge is 0.478 e. The van der Waals surface area contributed by atoms with Gasteiger partial charge in [0.2, 0.25) is 5.76 Å². The summed E-state index contributed by atoms with van der Waals surface area (Å²) in [5, 5.41) is 5.48. The first kappa shape index (κ1) is 33.6. The highest BCUT2D eigenvalue weighted by Gasteiger charge is 2.46. The molecule has 0 aromatic carbocycles. The van der Waals surface area contributed by atoms with E-state index in [0.717, 1.165) is 6.29 Å². The van der Waals surface area contributed by atoms with E-state index in [-0.39, 0.29) is 31.4 Å². The van der Waals surface area contributed by atoms with Crippen LogP contribution in [0.1, 0.15) is 40.5 Å². The van der Waals surface area contributed by atoms with Crippen molar-refractivity contribution in [2.45, 2.75) is 70.5 Å². The van der Waals surface area contributed by atoms with E-state index in [9.17, 15) is 19.2 Å². The minimum Gasteiger partial charge on any atom is -0.478 e. The molecule has 2 aliphatic rings. The third-order valence-electron chi connectivity index (χ3n) is 4.54. The predicted octanol–water partition coefficient (Wildman–Crippen LogP) is 0.562. The van der Waals surface area contributed by atoms with Gasteiger partial charge in [-0.2, -0.15) is 0 Å². The fourth-order valence-corrected chi connectivity index (χ4v) is 3.14. The molecule has 0 saturated carbocycles. The zero-order valence-electron chi connectivity index (χ0n) is 22.4. The number of esters is 2. The van der Waals surface area contributed by atoms with Gasteiger partial charge in [-0.3, -0.25) is 4.79 Å². The number of nitrogens with one attached hydrogen (secondary N) is 2. The van der Waals surface area contributed by atoms with Crippen LogP contribution in [0.2, 0.25) is 0 Å². The number of hydrogen-bond acceptors (Lipinski definition) is 13. The number of alkyl carbamates (subject to hydrolysis) is 1. The molecule has 1 saturated heterocycles. The van der Waals surface area contributed by atoms with E-state index >= 15 is 0 Å². The lowest BCUT2D eigenvalue weighted by atomic mass is 9.96. The van der Waals surface area contributed by atoms with Crippen molar-refractivity contribution in [1.82, 2.24) is 10.6 Å². The van der Waals surface area contributed by atoms with Crippen molar-refractivity contribution in [3.05, 3.63) is 11.8 Å². The van der Waals surface area contributed by atoms with Gasteiger partial charge in [0.25, 0.3) is 0 Å². The van der Waals surface area contributed by atoms with Crippen LogP contribution in [0.3, 0.4) is 0 Å². The van der Waals surface area contributed by atoms with Gasteiger partial charge in [0, 0.05) is 6.54 Å². The van der Waals surface area contributed by atoms with E-state index in [1.165, 1.54) is 21.1 Å². The second-order valence-electron chi connectivity index (χ2n) is 8.36. The van der Waals surface area contributed by atoms with Gasteiger partial charge in [-0.05, 0) is 54.3 Å². The molecule has 1 amide bonds. The molecule has 0 bridgehead atoms. The highest BCUT2D eigenvalue weighted by atomic mass is 16.8. The van der Waals surface area contributed by atoms with Crippen molar-refractivity contribution < 1.29 is 52.4 Å². The maximum Gasteiger partial charge on any atom is 0.508 e. The maximum atomic E-state index is 12.4. The molecule has 0 aromatic heterocycles. The molecule has 0 radical (unpaired) electrons. The average Bonchev–Trinajstić information content (AvgIpc) is 3.28. The quantitative estimate of drug-likeness (QED) is 0.223. The summed E-state index contributed by atoms with van der Waals surface area (Å²) < 4.78 is 31.0. The van der Waals surface area contributed by atoms with Gasteiger partial charge in [0.15, 0.2) is 18.3 Å². The van der Waals surface area contributed by atoms with Crippen LogP contribution in [0.15, 0.2) is 11.8 Å². The fourth-order valence-electron chi connectivity index (χ4n) is 3.14. The minimum atomic E-state index is -1.12. The molecule has 2 aliphatic heterocycles. The molecule has 2 rings (SSSR count). The van der Waals surface area contributed by atoms with Crippen molar-refractivity contribution in [3.63, 3.8) is 0 Å². The second-order valence-corrected chi connectivity index (χ2v) is 8.36. The molecule has 14 heteroatoms. The molecular formula is C23H39N3O11. The lowest BCUT2D eigenvalue weighted by Crippen LogP contribution is -2.55. The topological polar surface area (TPSA) is 191 Å². The first-order valence-electron chi connectivity index (χ1n) is 11.5. The summed E-state index contributed by atoms with van der Waals surface area (Å²) in [5.41, 5.74) is 3.86. The lowest BCUT2D eigenvalue weighted by molar-refractivity contribution is -0.154. The predicted molar refractivity (Wildman–Crippen MR) is 129 cm³/mol. The number of aldehydes is 1. The zero-order valence-corrected chi connectivity index (χ0v) is 22.4. The van der Waals surface area contributed by atoms with Gasteiger partial charge in [0.1, 0.15) is 18.5 Å². The van der Waals surface area contributed by atoms with Crippen LogP contribution in [0.4, 0.5) is 9.59 Å². The Kier molecular flexibility index (Phi) is 15.6. The zero-order chi connectivity index (χ0) is 28.6. The van der Waals surface area contributed by atoms with E-state index in [1.807, 2.05) is 0 Å². The van der Waals surface area contributed by atoms with Crippen molar-refractivity contribution in [1.29, 1.82) is 0 Å². The van der Waals surface area contributed by atoms with Crippen LogP contribution in [0, 0.1) is 0 Å². The van der Waals surface area contributed by atoms with E-state index in [4.69, 9.17) is 33.2 Å². The summed E-state index contributed by atoms with van der Waals surface area (Å²) in [6.07, 6.45) is -2.14. The van der Waals surface area contributed by atoms with Gasteiger partial charge in [-0.1, -0.05) is 0 Å². The largest absolute Gasteiger partial charge is 0.508 e. The Morgan fingerprint density at radius 3 is 2.35 bits per heavy atom. The number of likely N-dealkylation sites (N-methyl/N-ethyl adjacent to an activating group) is 1. The molecule has 3 unspecified atom stereocenters. The molecular weight excluding hydrogens is 494 g/mol. The first-order valence-corrected chi connectivity index (χ1v) is 11.5. The van der Waals surface area contributed by atoms with Crippen LogP contribution in [0.25, 0.3) is 0 Å². The summed E-state index contributed by atoms with van der Waals surface area (Å²) in [5.74, 6) is -1.22. The number of amides is 1. The number of hydrogen-bond donors (Lipinski definition) is 3. The number of nitrogens with two attached hydrogens (primary N) is 1. The van der Waals surface area contributed by atoms with Gasteiger partial charge < -0.3 is 49.6 Å². The van der Waals surface area contributed by atoms with Crippen molar-refractivity contribution in [3.8, 4) is 0 Å². The molecule has 4 N–H and O–H groups in total. The Morgan fingerprint density at radius 1 is 1.24 bits per heavy atom. The van der Waals surface area contributed by atoms with E-state index < -0.39 is 48.1 Å². The Labute approximate surface area is 216 Å². The van der Waals surface area contributed by atoms with Crippen LogP contribution in [-0.2, 0) is 42.8 Å². The average molecular weight is 534 g/mol. The lowest BCUT2D eigenvalue weighted by Gasteiger charge is -2.37. The van der Waals surface area contributed by atoms with Crippen molar-refractivity contribution in [2.24, 2.45) is 5.73 Å². The molecule has 0 spiro atoms. The first-order chi connectivity index (χ1) is 17.4. The van der Waals surface area contributed by atoms with Crippen molar-refractivity contribution in [2.75, 3.05) is 34.4 Å². The monoisotopic (exact) mass is 533 g/mol. The van der Waals surface area contributed by atoms with Gasteiger partial charge in [-0.25, -0.2) is 14.4 Å². The van der Waals surface area contributed by atoms with Crippen molar-refractivity contribution >= 4 is 30.5 Å². The number of carbonyl (C=O) groups is 5. The molecule has 2 heterocycles. The van der Waals surface area contributed by atoms with Crippen LogP contribution >= 0.6 is 0 Å². The van der Waals surface area contributed by atoms with Gasteiger partial charge in [-0.15, -0.1) is 0 Å². The van der Waals surface area contributed by atoms with Gasteiger partial charge in [0.05, 0.1) is 19.6 Å². The summed E-state index contributed by atoms with van der Waals surface area (Å²) in [7, 11) is 4.39. The number of rotatable bonds is 8. The third kappa shape index (κ3) is 12.4. The van der Waals surface area contributed by atoms with E-state index in [2.05, 4.69) is 16.4 Å². The van der Waals surface area contributed by atoms with Crippen LogP contribution in [0.5, 0.6) is 0 Å². The Hall–Kier alpha value is -3.39. The Bertz CT molecular complexity index is 795. The summed E-state index contributed by atoms with van der Waals surface area (Å²) >= 11 is 0.